The van der Waals surface area contributed by atoms with E-state index in [1.165, 1.54) is 5.56 Å². The molecule has 2 N–H and O–H groups in total. The first-order chi connectivity index (χ1) is 10.8. The second-order valence-corrected chi connectivity index (χ2v) is 5.39. The van der Waals surface area contributed by atoms with Crippen LogP contribution in [-0.2, 0) is 0 Å². The van der Waals surface area contributed by atoms with Crippen LogP contribution in [0.25, 0.3) is 0 Å². The lowest BCUT2D eigenvalue weighted by atomic mass is 10.1. The third-order valence-corrected chi connectivity index (χ3v) is 3.94. The first-order valence-electron chi connectivity index (χ1n) is 7.27. The van der Waals surface area contributed by atoms with Crippen LogP contribution in [0.4, 0.5) is 22.7 Å². The minimum Gasteiger partial charge on any atom is -0.453 e. The summed E-state index contributed by atoms with van der Waals surface area (Å²) in [4.78, 5) is 2.18. The summed E-state index contributed by atoms with van der Waals surface area (Å²) in [5, 5.41) is 0. The van der Waals surface area contributed by atoms with Crippen LogP contribution in [0.3, 0.4) is 0 Å². The van der Waals surface area contributed by atoms with Crippen molar-refractivity contribution in [2.75, 3.05) is 10.6 Å². The van der Waals surface area contributed by atoms with E-state index in [9.17, 15) is 0 Å². The van der Waals surface area contributed by atoms with E-state index in [4.69, 9.17) is 10.5 Å². The van der Waals surface area contributed by atoms with Gasteiger partial charge in [-0.15, -0.1) is 0 Å². The molecule has 0 unspecified atom stereocenters. The van der Waals surface area contributed by atoms with Crippen molar-refractivity contribution in [1.82, 2.24) is 0 Å². The van der Waals surface area contributed by atoms with Gasteiger partial charge in [0.2, 0.25) is 0 Å². The number of para-hydroxylation sites is 4. The fourth-order valence-electron chi connectivity index (χ4n) is 2.89. The average Bonchev–Trinajstić information content (AvgIpc) is 2.54. The smallest absolute Gasteiger partial charge is 0.153 e. The number of hydrogen-bond acceptors (Lipinski definition) is 3. The monoisotopic (exact) mass is 288 g/mol. The number of rotatable bonds is 1. The lowest BCUT2D eigenvalue weighted by molar-refractivity contribution is 0.477. The number of nitrogens with zero attached hydrogens (tertiary/aromatic N) is 1. The normalized spacial score (nSPS) is 12.3. The Bertz CT molecular complexity index is 847. The molecule has 1 aliphatic rings. The molecule has 0 aromatic heterocycles. The number of nitrogens with two attached hydrogens (primary N) is 1. The van der Waals surface area contributed by atoms with Crippen molar-refractivity contribution in [1.29, 1.82) is 0 Å². The minimum absolute atomic E-state index is 0.704. The van der Waals surface area contributed by atoms with Crippen LogP contribution >= 0.6 is 0 Å². The van der Waals surface area contributed by atoms with Crippen molar-refractivity contribution in [3.8, 4) is 11.5 Å². The van der Waals surface area contributed by atoms with Crippen LogP contribution in [0.2, 0.25) is 0 Å². The number of aryl methyl sites for hydroxylation is 1. The molecule has 3 aromatic rings. The zero-order valence-electron chi connectivity index (χ0n) is 12.3. The Morgan fingerprint density at radius 3 is 2.27 bits per heavy atom. The van der Waals surface area contributed by atoms with E-state index in [2.05, 4.69) is 30.0 Å². The van der Waals surface area contributed by atoms with Gasteiger partial charge in [-0.25, -0.2) is 0 Å². The predicted octanol–water partition coefficient (Wildman–Crippen LogP) is 5.15. The molecule has 0 radical (unpaired) electrons. The van der Waals surface area contributed by atoms with E-state index < -0.39 is 0 Å². The van der Waals surface area contributed by atoms with Gasteiger partial charge in [-0.3, -0.25) is 0 Å². The third-order valence-electron chi connectivity index (χ3n) is 3.94. The number of fused-ring (bicyclic) bond motifs is 2. The number of hydrogen-bond donors (Lipinski definition) is 1. The summed E-state index contributed by atoms with van der Waals surface area (Å²) in [6, 6.07) is 22.1. The molecule has 1 heterocycles. The van der Waals surface area contributed by atoms with Gasteiger partial charge in [0.15, 0.2) is 11.5 Å². The molecule has 4 rings (SSSR count). The maximum atomic E-state index is 6.25. The van der Waals surface area contributed by atoms with Crippen molar-refractivity contribution in [3.63, 3.8) is 0 Å². The summed E-state index contributed by atoms with van der Waals surface area (Å²) >= 11 is 0. The molecule has 0 spiro atoms. The Kier molecular flexibility index (Phi) is 2.79. The van der Waals surface area contributed by atoms with Gasteiger partial charge in [0, 0.05) is 5.69 Å². The van der Waals surface area contributed by atoms with Gasteiger partial charge in [-0.2, -0.15) is 0 Å². The molecule has 22 heavy (non-hydrogen) atoms. The summed E-state index contributed by atoms with van der Waals surface area (Å²) in [7, 11) is 0. The van der Waals surface area contributed by atoms with Gasteiger partial charge in [-0.1, -0.05) is 36.4 Å². The highest BCUT2D eigenvalue weighted by Crippen LogP contribution is 2.52. The largest absolute Gasteiger partial charge is 0.453 e. The highest BCUT2D eigenvalue weighted by Gasteiger charge is 2.27. The van der Waals surface area contributed by atoms with Crippen LogP contribution in [0.1, 0.15) is 5.56 Å². The second-order valence-electron chi connectivity index (χ2n) is 5.39. The molecule has 0 saturated carbocycles. The number of nitrogen functional groups attached to an aromatic ring is 1. The van der Waals surface area contributed by atoms with Crippen LogP contribution in [0, 0.1) is 6.92 Å². The van der Waals surface area contributed by atoms with E-state index in [0.717, 1.165) is 28.6 Å². The molecule has 0 fully saturated rings. The van der Waals surface area contributed by atoms with E-state index >= 15 is 0 Å². The van der Waals surface area contributed by atoms with Crippen molar-refractivity contribution >= 4 is 22.7 Å². The topological polar surface area (TPSA) is 38.5 Å². The Hall–Kier alpha value is -2.94. The molecule has 3 nitrogen and oxygen atoms in total. The molecule has 0 aliphatic carbocycles. The van der Waals surface area contributed by atoms with E-state index in [-0.39, 0.29) is 0 Å². The van der Waals surface area contributed by atoms with Crippen molar-refractivity contribution in [2.45, 2.75) is 6.92 Å². The summed E-state index contributed by atoms with van der Waals surface area (Å²) < 4.78 is 6.03. The van der Waals surface area contributed by atoms with Crippen LogP contribution in [0.5, 0.6) is 11.5 Å². The lowest BCUT2D eigenvalue weighted by Crippen LogP contribution is -2.18. The van der Waals surface area contributed by atoms with E-state index in [0.29, 0.717) is 5.69 Å². The molecular formula is C19H16N2O. The lowest BCUT2D eigenvalue weighted by Gasteiger charge is -2.34. The molecule has 0 atom stereocenters. The highest BCUT2D eigenvalue weighted by molar-refractivity contribution is 5.92. The van der Waals surface area contributed by atoms with Gasteiger partial charge < -0.3 is 15.4 Å². The second kappa shape index (κ2) is 4.81. The Morgan fingerprint density at radius 1 is 0.773 bits per heavy atom. The van der Waals surface area contributed by atoms with Crippen LogP contribution in [-0.4, -0.2) is 0 Å². The zero-order chi connectivity index (χ0) is 15.1. The van der Waals surface area contributed by atoms with Gasteiger partial charge in [0.1, 0.15) is 5.69 Å². The average molecular weight is 288 g/mol. The summed E-state index contributed by atoms with van der Waals surface area (Å²) in [6.07, 6.45) is 0. The third kappa shape index (κ3) is 1.83. The molecule has 3 aromatic carbocycles. The molecule has 0 amide bonds. The van der Waals surface area contributed by atoms with E-state index in [1.807, 2.05) is 48.5 Å². The molecule has 1 aliphatic heterocycles. The van der Waals surface area contributed by atoms with E-state index in [1.54, 1.807) is 0 Å². The fraction of sp³-hybridized carbons (Fsp3) is 0.0526. The molecular weight excluding hydrogens is 272 g/mol. The maximum absolute atomic E-state index is 6.25. The summed E-state index contributed by atoms with van der Waals surface area (Å²) in [6.45, 7) is 2.10. The van der Waals surface area contributed by atoms with Crippen molar-refractivity contribution < 1.29 is 4.74 Å². The summed E-state index contributed by atoms with van der Waals surface area (Å²) in [5.74, 6) is 1.62. The first-order valence-corrected chi connectivity index (χ1v) is 7.27. The highest BCUT2D eigenvalue weighted by atomic mass is 16.5. The Balaban J connectivity index is 2.04. The van der Waals surface area contributed by atoms with Gasteiger partial charge in [0.25, 0.3) is 0 Å². The fourth-order valence-corrected chi connectivity index (χ4v) is 2.89. The number of anilines is 4. The quantitative estimate of drug-likeness (QED) is 0.492. The minimum atomic E-state index is 0.704. The standard InChI is InChI=1S/C19H16N2O/c1-13-7-2-3-9-15(13)21-16-10-4-5-11-17(16)22-18-12-6-8-14(20)19(18)21/h2-12H,20H2,1H3. The Labute approximate surface area is 129 Å². The van der Waals surface area contributed by atoms with Crippen molar-refractivity contribution in [2.24, 2.45) is 0 Å². The number of benzene rings is 3. The molecule has 0 bridgehead atoms. The van der Waals surface area contributed by atoms with Gasteiger partial charge >= 0.3 is 0 Å². The van der Waals surface area contributed by atoms with Crippen molar-refractivity contribution in [3.05, 3.63) is 72.3 Å². The maximum Gasteiger partial charge on any atom is 0.153 e. The van der Waals surface area contributed by atoms with Crippen LogP contribution < -0.4 is 15.4 Å². The first kappa shape index (κ1) is 12.8. The van der Waals surface area contributed by atoms with Gasteiger partial charge in [0.05, 0.1) is 11.4 Å². The predicted molar refractivity (Wildman–Crippen MR) is 90.3 cm³/mol. The summed E-state index contributed by atoms with van der Waals surface area (Å²) in [5.41, 5.74) is 11.2. The zero-order valence-corrected chi connectivity index (χ0v) is 12.3. The number of ether oxygens (including phenoxy) is 1. The molecule has 108 valence electrons. The SMILES string of the molecule is Cc1ccccc1N1c2ccccc2Oc2cccc(N)c21. The Morgan fingerprint density at radius 2 is 1.45 bits per heavy atom. The van der Waals surface area contributed by atoms with Crippen LogP contribution in [0.15, 0.2) is 66.7 Å². The van der Waals surface area contributed by atoms with Gasteiger partial charge in [-0.05, 0) is 42.8 Å². The molecule has 0 saturated heterocycles. The molecule has 3 heteroatoms.